The normalized spacial score (nSPS) is 11.8. The first-order valence-corrected chi connectivity index (χ1v) is 21.6. The molecule has 3 aromatic heterocycles. The largest absolute Gasteiger partial charge is 0.456 e. The minimum absolute atomic E-state index is 0.583. The lowest BCUT2D eigenvalue weighted by molar-refractivity contribution is 0.668. The number of rotatable bonds is 6. The van der Waals surface area contributed by atoms with Gasteiger partial charge in [0.15, 0.2) is 17.5 Å². The van der Waals surface area contributed by atoms with E-state index in [9.17, 15) is 0 Å². The Bertz CT molecular complexity index is 3780. The lowest BCUT2D eigenvalue weighted by atomic mass is 9.96. The number of aromatic nitrogens is 4. The van der Waals surface area contributed by atoms with E-state index in [0.717, 1.165) is 72.0 Å². The number of hydrogen-bond acceptors (Lipinski definition) is 4. The van der Waals surface area contributed by atoms with Crippen molar-refractivity contribution in [2.24, 2.45) is 0 Å². The summed E-state index contributed by atoms with van der Waals surface area (Å²) < 4.78 is 9.38. The highest BCUT2D eigenvalue weighted by molar-refractivity contribution is 6.18. The summed E-state index contributed by atoms with van der Waals surface area (Å²) in [5.74, 6) is 1.81. The third kappa shape index (κ3) is 5.90. The summed E-state index contributed by atoms with van der Waals surface area (Å²) in [5, 5.41) is 9.14. The molecule has 0 amide bonds. The van der Waals surface area contributed by atoms with Gasteiger partial charge in [-0.15, -0.1) is 0 Å². The van der Waals surface area contributed by atoms with Crippen LogP contribution in [0.25, 0.3) is 127 Å². The lowest BCUT2D eigenvalue weighted by Gasteiger charge is -2.16. The van der Waals surface area contributed by atoms with Crippen LogP contribution in [0.5, 0.6) is 0 Å². The third-order valence-electron chi connectivity index (χ3n) is 12.6. The van der Waals surface area contributed by atoms with Crippen molar-refractivity contribution in [1.82, 2.24) is 19.5 Å². The van der Waals surface area contributed by atoms with E-state index in [-0.39, 0.29) is 0 Å². The highest BCUT2D eigenvalue weighted by Crippen LogP contribution is 2.44. The van der Waals surface area contributed by atoms with Crippen LogP contribution in [0.1, 0.15) is 0 Å². The third-order valence-corrected chi connectivity index (χ3v) is 12.6. The standard InChI is InChI=1S/C59H36N4O/c1-4-15-37(16-5-1)38-27-29-39(30-28-38)47-35-50-55(36-53(47)63-51-33-44-23-12-10-21-42(44)31-48(51)49-32-43-22-11-13-24-45(43)34-52(49)63)64-54-26-14-25-46(56(50)54)59-61-57(40-17-6-2-7-18-40)60-58(62-59)41-19-8-3-9-20-41/h1-36H. The predicted molar refractivity (Wildman–Crippen MR) is 264 cm³/mol. The van der Waals surface area contributed by atoms with Crippen molar-refractivity contribution in [3.05, 3.63) is 218 Å². The number of fused-ring (bicyclic) bond motifs is 8. The number of benzene rings is 10. The van der Waals surface area contributed by atoms with Gasteiger partial charge in [-0.2, -0.15) is 0 Å². The summed E-state index contributed by atoms with van der Waals surface area (Å²) in [5.41, 5.74) is 12.1. The molecular weight excluding hydrogens is 781 g/mol. The fourth-order valence-electron chi connectivity index (χ4n) is 9.51. The van der Waals surface area contributed by atoms with Gasteiger partial charge in [-0.3, -0.25) is 0 Å². The van der Waals surface area contributed by atoms with Crippen molar-refractivity contribution in [2.75, 3.05) is 0 Å². The van der Waals surface area contributed by atoms with Crippen LogP contribution in [0.15, 0.2) is 223 Å². The van der Waals surface area contributed by atoms with E-state index in [0.29, 0.717) is 17.5 Å². The second-order valence-electron chi connectivity index (χ2n) is 16.4. The summed E-state index contributed by atoms with van der Waals surface area (Å²) in [7, 11) is 0. The average molecular weight is 817 g/mol. The van der Waals surface area contributed by atoms with Crippen LogP contribution < -0.4 is 0 Å². The maximum Gasteiger partial charge on any atom is 0.164 e. The Morgan fingerprint density at radius 2 is 0.781 bits per heavy atom. The summed E-state index contributed by atoms with van der Waals surface area (Å²) in [6.07, 6.45) is 0. The summed E-state index contributed by atoms with van der Waals surface area (Å²) in [4.78, 5) is 15.3. The van der Waals surface area contributed by atoms with Gasteiger partial charge in [0.2, 0.25) is 0 Å². The molecular formula is C59H36N4O. The summed E-state index contributed by atoms with van der Waals surface area (Å²) in [6.45, 7) is 0. The van der Waals surface area contributed by atoms with Gasteiger partial charge in [-0.1, -0.05) is 176 Å². The Hall–Kier alpha value is -8.67. The highest BCUT2D eigenvalue weighted by atomic mass is 16.3. The van der Waals surface area contributed by atoms with Crippen LogP contribution >= 0.6 is 0 Å². The van der Waals surface area contributed by atoms with E-state index < -0.39 is 0 Å². The van der Waals surface area contributed by atoms with Crippen molar-refractivity contribution in [1.29, 1.82) is 0 Å². The minimum atomic E-state index is 0.583. The minimum Gasteiger partial charge on any atom is -0.456 e. The zero-order valence-electron chi connectivity index (χ0n) is 34.5. The maximum atomic E-state index is 6.93. The molecule has 0 aliphatic heterocycles. The van der Waals surface area contributed by atoms with Crippen molar-refractivity contribution < 1.29 is 4.42 Å². The van der Waals surface area contributed by atoms with E-state index in [1.54, 1.807) is 0 Å². The van der Waals surface area contributed by atoms with Crippen LogP contribution in [-0.2, 0) is 0 Å². The van der Waals surface area contributed by atoms with Gasteiger partial charge in [-0.05, 0) is 74.6 Å². The molecule has 0 N–H and O–H groups in total. The molecule has 13 rings (SSSR count). The van der Waals surface area contributed by atoms with Crippen LogP contribution in [-0.4, -0.2) is 19.5 Å². The number of hydrogen-bond donors (Lipinski definition) is 0. The first-order chi connectivity index (χ1) is 31.7. The van der Waals surface area contributed by atoms with E-state index in [1.807, 2.05) is 72.8 Å². The molecule has 5 heteroatoms. The molecule has 13 aromatic rings. The van der Waals surface area contributed by atoms with Gasteiger partial charge in [0.05, 0.1) is 16.7 Å². The smallest absolute Gasteiger partial charge is 0.164 e. The Kier molecular flexibility index (Phi) is 8.15. The Labute approximate surface area is 368 Å². The van der Waals surface area contributed by atoms with Crippen molar-refractivity contribution in [3.8, 4) is 62.1 Å². The van der Waals surface area contributed by atoms with E-state index in [2.05, 4.69) is 150 Å². The molecule has 0 atom stereocenters. The van der Waals surface area contributed by atoms with Crippen molar-refractivity contribution in [2.45, 2.75) is 0 Å². The summed E-state index contributed by atoms with van der Waals surface area (Å²) in [6, 6.07) is 77.1. The molecule has 0 spiro atoms. The van der Waals surface area contributed by atoms with E-state index in [1.165, 1.54) is 37.9 Å². The molecule has 0 radical (unpaired) electrons. The van der Waals surface area contributed by atoms with Crippen molar-refractivity contribution in [3.63, 3.8) is 0 Å². The molecule has 0 fully saturated rings. The molecule has 298 valence electrons. The topological polar surface area (TPSA) is 56.7 Å². The molecule has 0 saturated carbocycles. The first-order valence-electron chi connectivity index (χ1n) is 21.6. The molecule has 0 bridgehead atoms. The van der Waals surface area contributed by atoms with Crippen LogP contribution in [0.2, 0.25) is 0 Å². The molecule has 10 aromatic carbocycles. The zero-order chi connectivity index (χ0) is 42.1. The second-order valence-corrected chi connectivity index (χ2v) is 16.4. The van der Waals surface area contributed by atoms with Crippen LogP contribution in [0.4, 0.5) is 0 Å². The van der Waals surface area contributed by atoms with Crippen LogP contribution in [0, 0.1) is 0 Å². The molecule has 0 saturated heterocycles. The average Bonchev–Trinajstić information content (AvgIpc) is 3.89. The molecule has 3 heterocycles. The van der Waals surface area contributed by atoms with Gasteiger partial charge in [-0.25, -0.2) is 15.0 Å². The Morgan fingerprint density at radius 1 is 0.312 bits per heavy atom. The number of furan rings is 1. The Morgan fingerprint density at radius 3 is 1.34 bits per heavy atom. The second kappa shape index (κ2) is 14.5. The number of nitrogens with zero attached hydrogens (tertiary/aromatic N) is 4. The highest BCUT2D eigenvalue weighted by Gasteiger charge is 2.23. The monoisotopic (exact) mass is 816 g/mol. The Balaban J connectivity index is 1.11. The quantitative estimate of drug-likeness (QED) is 0.168. The van der Waals surface area contributed by atoms with E-state index >= 15 is 0 Å². The molecule has 64 heavy (non-hydrogen) atoms. The van der Waals surface area contributed by atoms with Crippen LogP contribution in [0.3, 0.4) is 0 Å². The lowest BCUT2D eigenvalue weighted by Crippen LogP contribution is -2.00. The fraction of sp³-hybridized carbons (Fsp3) is 0. The van der Waals surface area contributed by atoms with Gasteiger partial charge in [0, 0.05) is 49.9 Å². The van der Waals surface area contributed by atoms with Gasteiger partial charge in [0.25, 0.3) is 0 Å². The van der Waals surface area contributed by atoms with Gasteiger partial charge >= 0.3 is 0 Å². The maximum absolute atomic E-state index is 6.93. The zero-order valence-corrected chi connectivity index (χ0v) is 34.5. The SMILES string of the molecule is c1ccc(-c2ccc(-c3cc4c(cc3-n3c5cc6ccccc6cc5c5cc6ccccc6cc53)oc3cccc(-c5nc(-c6ccccc6)nc(-c6ccccc6)n5)c34)cc2)cc1. The molecule has 0 unspecified atom stereocenters. The van der Waals surface area contributed by atoms with Gasteiger partial charge < -0.3 is 8.98 Å². The molecule has 5 nitrogen and oxygen atoms in total. The van der Waals surface area contributed by atoms with Gasteiger partial charge in [0.1, 0.15) is 11.2 Å². The fourth-order valence-corrected chi connectivity index (χ4v) is 9.51. The molecule has 0 aliphatic carbocycles. The first kappa shape index (κ1) is 36.0. The molecule has 0 aliphatic rings. The summed E-state index contributed by atoms with van der Waals surface area (Å²) >= 11 is 0. The van der Waals surface area contributed by atoms with Crippen molar-refractivity contribution >= 4 is 65.3 Å². The predicted octanol–water partition coefficient (Wildman–Crippen LogP) is 15.5. The van der Waals surface area contributed by atoms with E-state index in [4.69, 9.17) is 19.4 Å².